The fourth-order valence-corrected chi connectivity index (χ4v) is 4.51. The number of aryl methyl sites for hydroxylation is 1. The fraction of sp³-hybridized carbons (Fsp3) is 0.571. The predicted octanol–water partition coefficient (Wildman–Crippen LogP) is -1.41. The molecule has 2 aliphatic rings. The number of nitrogens with one attached hydrogen (secondary N) is 4. The molecular weight excluding hydrogens is 466 g/mol. The van der Waals surface area contributed by atoms with Crippen molar-refractivity contribution in [3.05, 3.63) is 29.8 Å². The molecule has 3 atom stereocenters. The first-order valence-electron chi connectivity index (χ1n) is 11.1. The maximum Gasteiger partial charge on any atom is 0.341 e. The number of carbonyl (C=O) groups excluding carboxylic acids is 3. The van der Waals surface area contributed by atoms with E-state index in [1.807, 2.05) is 0 Å². The normalized spacial score (nSPS) is 22.1. The molecule has 6 N–H and O–H groups in total. The van der Waals surface area contributed by atoms with Gasteiger partial charge in [-0.05, 0) is 45.0 Å². The van der Waals surface area contributed by atoms with Crippen LogP contribution in [-0.2, 0) is 33.5 Å². The van der Waals surface area contributed by atoms with Gasteiger partial charge < -0.3 is 25.9 Å². The predicted molar refractivity (Wildman–Crippen MR) is 121 cm³/mol. The molecule has 0 saturated carbocycles. The van der Waals surface area contributed by atoms with Gasteiger partial charge in [0, 0.05) is 19.0 Å². The lowest BCUT2D eigenvalue weighted by Crippen LogP contribution is -2.48. The van der Waals surface area contributed by atoms with Gasteiger partial charge in [0.2, 0.25) is 11.8 Å². The van der Waals surface area contributed by atoms with Gasteiger partial charge in [0.25, 0.3) is 0 Å². The summed E-state index contributed by atoms with van der Waals surface area (Å²) in [5.74, 6) is -1.82. The van der Waals surface area contributed by atoms with E-state index in [4.69, 9.17) is 10.6 Å². The van der Waals surface area contributed by atoms with Gasteiger partial charge in [-0.2, -0.15) is 13.9 Å². The first-order chi connectivity index (χ1) is 16.1. The molecule has 2 amide bonds. The summed E-state index contributed by atoms with van der Waals surface area (Å²) in [5, 5.41) is 8.67. The minimum atomic E-state index is -4.32. The Kier molecular flexibility index (Phi) is 8.97. The number of hydrogen-bond acceptors (Lipinski definition) is 10. The highest BCUT2D eigenvalue weighted by Crippen LogP contribution is 2.16. The number of nitrogens with two attached hydrogens (primary N) is 1. The van der Waals surface area contributed by atoms with Gasteiger partial charge in [-0.15, -0.1) is 0 Å². The highest BCUT2D eigenvalue weighted by Gasteiger charge is 2.33. The SMILES string of the molecule is Cc1ccc(S(=O)(=O)OC(=O)[C@@H](N)CNC(=O)C[C@H]2C[C@@H](C(=O)NC3CCNCC3)NO2)cc1. The molecule has 2 fully saturated rings. The molecule has 1 aromatic rings. The van der Waals surface area contributed by atoms with Crippen LogP contribution in [0.3, 0.4) is 0 Å². The Hall–Kier alpha value is -2.58. The van der Waals surface area contributed by atoms with Crippen molar-refractivity contribution in [3.8, 4) is 0 Å². The monoisotopic (exact) mass is 497 g/mol. The van der Waals surface area contributed by atoms with Crippen LogP contribution in [0.2, 0.25) is 0 Å². The molecule has 2 heterocycles. The van der Waals surface area contributed by atoms with Crippen molar-refractivity contribution in [2.75, 3.05) is 19.6 Å². The van der Waals surface area contributed by atoms with E-state index in [0.717, 1.165) is 31.5 Å². The van der Waals surface area contributed by atoms with E-state index >= 15 is 0 Å². The van der Waals surface area contributed by atoms with Crippen molar-refractivity contribution in [1.82, 2.24) is 21.4 Å². The Labute approximate surface area is 198 Å². The molecule has 1 aromatic carbocycles. The van der Waals surface area contributed by atoms with Crippen LogP contribution in [0.25, 0.3) is 0 Å². The van der Waals surface area contributed by atoms with Crippen LogP contribution in [0.5, 0.6) is 0 Å². The smallest absolute Gasteiger partial charge is 0.341 e. The standard InChI is InChI=1S/C21H31N5O7S/c1-13-2-4-16(5-3-13)34(30,31)33-21(29)17(22)12-24-19(27)11-15-10-18(26-32-15)20(28)25-14-6-8-23-9-7-14/h2-5,14-15,17-18,23,26H,6-12,22H2,1H3,(H,24,27)(H,25,28)/t15-,17+,18+/m1/s1. The maximum atomic E-state index is 12.4. The molecule has 2 saturated heterocycles. The van der Waals surface area contributed by atoms with Gasteiger partial charge in [-0.3, -0.25) is 14.4 Å². The van der Waals surface area contributed by atoms with Crippen LogP contribution in [-0.4, -0.2) is 70.1 Å². The van der Waals surface area contributed by atoms with Crippen LogP contribution in [0, 0.1) is 6.92 Å². The van der Waals surface area contributed by atoms with Gasteiger partial charge >= 0.3 is 16.1 Å². The third-order valence-corrected chi connectivity index (χ3v) is 6.85. The zero-order valence-corrected chi connectivity index (χ0v) is 19.7. The summed E-state index contributed by atoms with van der Waals surface area (Å²) in [7, 11) is -4.32. The molecule has 13 heteroatoms. The molecule has 0 bridgehead atoms. The van der Waals surface area contributed by atoms with Crippen LogP contribution in [0.1, 0.15) is 31.2 Å². The Balaban J connectivity index is 1.38. The largest absolute Gasteiger partial charge is 0.354 e. The van der Waals surface area contributed by atoms with Crippen LogP contribution in [0.4, 0.5) is 0 Å². The molecule has 0 aromatic heterocycles. The first kappa shape index (κ1) is 26.0. The van der Waals surface area contributed by atoms with Crippen molar-refractivity contribution >= 4 is 27.9 Å². The van der Waals surface area contributed by atoms with E-state index in [1.54, 1.807) is 19.1 Å². The number of carbonyl (C=O) groups is 3. The van der Waals surface area contributed by atoms with Crippen LogP contribution < -0.4 is 27.2 Å². The van der Waals surface area contributed by atoms with Gasteiger partial charge in [0.15, 0.2) is 0 Å². The summed E-state index contributed by atoms with van der Waals surface area (Å²) in [6, 6.07) is 3.97. The molecule has 34 heavy (non-hydrogen) atoms. The lowest BCUT2D eigenvalue weighted by molar-refractivity contribution is -0.135. The zero-order valence-electron chi connectivity index (χ0n) is 18.9. The average molecular weight is 498 g/mol. The van der Waals surface area contributed by atoms with Crippen molar-refractivity contribution in [3.63, 3.8) is 0 Å². The molecule has 3 rings (SSSR count). The molecule has 0 radical (unpaired) electrons. The molecule has 0 aliphatic carbocycles. The summed E-state index contributed by atoms with van der Waals surface area (Å²) < 4.78 is 29.0. The molecule has 0 spiro atoms. The number of amides is 2. The van der Waals surface area contributed by atoms with Gasteiger partial charge in [-0.25, -0.2) is 4.79 Å². The second kappa shape index (κ2) is 11.7. The lowest BCUT2D eigenvalue weighted by atomic mass is 10.0. The number of hydroxylamine groups is 1. The highest BCUT2D eigenvalue weighted by molar-refractivity contribution is 7.87. The highest BCUT2D eigenvalue weighted by atomic mass is 32.2. The van der Waals surface area contributed by atoms with Crippen LogP contribution >= 0.6 is 0 Å². The lowest BCUT2D eigenvalue weighted by Gasteiger charge is -2.24. The van der Waals surface area contributed by atoms with Gasteiger partial charge in [-0.1, -0.05) is 17.7 Å². The Morgan fingerprint density at radius 3 is 2.56 bits per heavy atom. The topological polar surface area (TPSA) is 178 Å². The maximum absolute atomic E-state index is 12.4. The summed E-state index contributed by atoms with van der Waals surface area (Å²) >= 11 is 0. The summed E-state index contributed by atoms with van der Waals surface area (Å²) in [5.41, 5.74) is 9.18. The average Bonchev–Trinajstić information content (AvgIpc) is 3.26. The Morgan fingerprint density at radius 2 is 1.88 bits per heavy atom. The number of rotatable bonds is 9. The van der Waals surface area contributed by atoms with Crippen molar-refractivity contribution in [2.45, 2.75) is 61.7 Å². The van der Waals surface area contributed by atoms with E-state index in [-0.39, 0.29) is 29.8 Å². The minimum absolute atomic E-state index is 0.0619. The fourth-order valence-electron chi connectivity index (χ4n) is 3.60. The van der Waals surface area contributed by atoms with E-state index < -0.39 is 40.2 Å². The third-order valence-electron chi connectivity index (χ3n) is 5.61. The molecule has 2 aliphatic heterocycles. The van der Waals surface area contributed by atoms with Crippen molar-refractivity contribution < 1.29 is 31.8 Å². The quantitative estimate of drug-likeness (QED) is 0.255. The van der Waals surface area contributed by atoms with Crippen LogP contribution in [0.15, 0.2) is 29.2 Å². The minimum Gasteiger partial charge on any atom is -0.354 e. The van der Waals surface area contributed by atoms with Crippen molar-refractivity contribution in [1.29, 1.82) is 0 Å². The third kappa shape index (κ3) is 7.46. The van der Waals surface area contributed by atoms with E-state index in [9.17, 15) is 22.8 Å². The number of hydrogen-bond donors (Lipinski definition) is 5. The number of benzene rings is 1. The Bertz CT molecular complexity index is 980. The van der Waals surface area contributed by atoms with Crippen molar-refractivity contribution in [2.24, 2.45) is 5.73 Å². The second-order valence-corrected chi connectivity index (χ2v) is 10.0. The zero-order chi connectivity index (χ0) is 24.7. The summed E-state index contributed by atoms with van der Waals surface area (Å²) in [6.07, 6.45) is 1.44. The summed E-state index contributed by atoms with van der Waals surface area (Å²) in [6.45, 7) is 3.19. The molecule has 0 unspecified atom stereocenters. The van der Waals surface area contributed by atoms with E-state index in [0.29, 0.717) is 6.42 Å². The Morgan fingerprint density at radius 1 is 1.21 bits per heavy atom. The first-order valence-corrected chi connectivity index (χ1v) is 12.5. The van der Waals surface area contributed by atoms with E-state index in [1.165, 1.54) is 12.1 Å². The number of piperidine rings is 1. The molecule has 12 nitrogen and oxygen atoms in total. The van der Waals surface area contributed by atoms with Gasteiger partial charge in [0.1, 0.15) is 17.0 Å². The summed E-state index contributed by atoms with van der Waals surface area (Å²) in [4.78, 5) is 41.8. The van der Waals surface area contributed by atoms with Gasteiger partial charge in [0.05, 0.1) is 12.5 Å². The second-order valence-electron chi connectivity index (χ2n) is 8.46. The van der Waals surface area contributed by atoms with E-state index in [2.05, 4.69) is 25.6 Å². The molecule has 188 valence electrons. The molecular formula is C21H31N5O7S.